The topological polar surface area (TPSA) is 94.2 Å². The van der Waals surface area contributed by atoms with Crippen LogP contribution in [0.15, 0.2) is 35.2 Å². The Kier molecular flexibility index (Phi) is 6.98. The summed E-state index contributed by atoms with van der Waals surface area (Å²) in [6.07, 6.45) is 1.45. The van der Waals surface area contributed by atoms with Crippen LogP contribution < -0.4 is 19.5 Å². The summed E-state index contributed by atoms with van der Waals surface area (Å²) in [7, 11) is 4.34. The van der Waals surface area contributed by atoms with Crippen LogP contribution in [0.4, 0.5) is 19.3 Å². The minimum Gasteiger partial charge on any atom is -0.493 e. The highest BCUT2D eigenvalue weighted by Crippen LogP contribution is 2.40. The van der Waals surface area contributed by atoms with Gasteiger partial charge >= 0.3 is 0 Å². The minimum atomic E-state index is -0.977. The van der Waals surface area contributed by atoms with Crippen molar-refractivity contribution >= 4 is 40.6 Å². The summed E-state index contributed by atoms with van der Waals surface area (Å²) in [4.78, 5) is 38.0. The zero-order valence-electron chi connectivity index (χ0n) is 17.2. The number of methoxy groups -OCH3 is 3. The number of thioether (sulfide) groups is 1. The molecule has 32 heavy (non-hydrogen) atoms. The van der Waals surface area contributed by atoms with Crippen LogP contribution in [0.3, 0.4) is 0 Å². The molecule has 1 saturated heterocycles. The van der Waals surface area contributed by atoms with E-state index in [0.717, 1.165) is 17.0 Å². The Bertz CT molecular complexity index is 1100. The number of rotatable bonds is 7. The van der Waals surface area contributed by atoms with E-state index >= 15 is 0 Å². The molecule has 0 spiro atoms. The molecule has 1 heterocycles. The molecule has 1 aliphatic rings. The Hall–Kier alpha value is -3.60. The van der Waals surface area contributed by atoms with Crippen LogP contribution in [-0.2, 0) is 9.59 Å². The van der Waals surface area contributed by atoms with Gasteiger partial charge in [0.1, 0.15) is 18.2 Å². The van der Waals surface area contributed by atoms with E-state index in [1.165, 1.54) is 27.4 Å². The summed E-state index contributed by atoms with van der Waals surface area (Å²) in [6, 6.07) is 5.81. The molecule has 8 nitrogen and oxygen atoms in total. The molecule has 2 aromatic rings. The van der Waals surface area contributed by atoms with Gasteiger partial charge in [-0.25, -0.2) is 8.78 Å². The number of halogens is 2. The highest BCUT2D eigenvalue weighted by atomic mass is 32.2. The van der Waals surface area contributed by atoms with Crippen LogP contribution in [0.2, 0.25) is 0 Å². The number of nitrogens with one attached hydrogen (secondary N) is 1. The summed E-state index contributed by atoms with van der Waals surface area (Å²) >= 11 is 0.649. The molecule has 1 aliphatic heterocycles. The molecule has 168 valence electrons. The molecule has 3 amide bonds. The highest BCUT2D eigenvalue weighted by Gasteiger charge is 2.36. The smallest absolute Gasteiger partial charge is 0.294 e. The van der Waals surface area contributed by atoms with Crippen LogP contribution >= 0.6 is 11.8 Å². The molecular formula is C21H18F2N2O6S. The fourth-order valence-corrected chi connectivity index (χ4v) is 3.73. The first-order valence-corrected chi connectivity index (χ1v) is 9.89. The number of carbonyl (C=O) groups excluding carboxylic acids is 3. The van der Waals surface area contributed by atoms with Gasteiger partial charge in [-0.2, -0.15) is 0 Å². The molecule has 0 aliphatic carbocycles. The molecule has 0 atom stereocenters. The van der Waals surface area contributed by atoms with E-state index in [2.05, 4.69) is 5.32 Å². The van der Waals surface area contributed by atoms with Gasteiger partial charge in [0.25, 0.3) is 11.1 Å². The summed E-state index contributed by atoms with van der Waals surface area (Å²) in [6.45, 7) is -0.631. The maximum atomic E-state index is 13.7. The Morgan fingerprint density at radius 1 is 1.06 bits per heavy atom. The van der Waals surface area contributed by atoms with Crippen LogP contribution in [0.25, 0.3) is 6.08 Å². The second-order valence-electron chi connectivity index (χ2n) is 6.40. The fourth-order valence-electron chi connectivity index (χ4n) is 2.90. The second kappa shape index (κ2) is 9.69. The lowest BCUT2D eigenvalue weighted by atomic mass is 10.1. The monoisotopic (exact) mass is 464 g/mol. The SMILES string of the molecule is COc1cc(C=C2SC(=O)N(CC(=O)Nc3ccc(F)cc3F)C2=O)cc(OC)c1OC. The Morgan fingerprint density at radius 3 is 2.28 bits per heavy atom. The summed E-state index contributed by atoms with van der Waals surface area (Å²) < 4.78 is 42.5. The van der Waals surface area contributed by atoms with Crippen LogP contribution in [0.5, 0.6) is 17.2 Å². The van der Waals surface area contributed by atoms with Gasteiger partial charge in [-0.3, -0.25) is 19.3 Å². The Balaban J connectivity index is 1.78. The first kappa shape index (κ1) is 23.1. The average Bonchev–Trinajstić information content (AvgIpc) is 3.02. The summed E-state index contributed by atoms with van der Waals surface area (Å²) in [5.41, 5.74) is 0.235. The number of hydrogen-bond acceptors (Lipinski definition) is 7. The second-order valence-corrected chi connectivity index (χ2v) is 7.39. The van der Waals surface area contributed by atoms with Crippen molar-refractivity contribution in [2.24, 2.45) is 0 Å². The van der Waals surface area contributed by atoms with Gasteiger partial charge in [-0.05, 0) is 47.7 Å². The molecule has 0 aromatic heterocycles. The number of amides is 3. The Labute approximate surface area is 186 Å². The predicted molar refractivity (Wildman–Crippen MR) is 114 cm³/mol. The quantitative estimate of drug-likeness (QED) is 0.625. The lowest BCUT2D eigenvalue weighted by Crippen LogP contribution is -2.36. The van der Waals surface area contributed by atoms with Gasteiger partial charge in [0.2, 0.25) is 11.7 Å². The van der Waals surface area contributed by atoms with E-state index in [-0.39, 0.29) is 10.6 Å². The molecule has 3 rings (SSSR count). The maximum absolute atomic E-state index is 13.7. The summed E-state index contributed by atoms with van der Waals surface area (Å²) in [5, 5.41) is 1.55. The lowest BCUT2D eigenvalue weighted by Gasteiger charge is -2.13. The molecule has 0 bridgehead atoms. The number of carbonyl (C=O) groups is 3. The largest absolute Gasteiger partial charge is 0.493 e. The van der Waals surface area contributed by atoms with E-state index in [0.29, 0.717) is 40.6 Å². The number of imide groups is 1. The van der Waals surface area contributed by atoms with E-state index in [4.69, 9.17) is 14.2 Å². The highest BCUT2D eigenvalue weighted by molar-refractivity contribution is 8.18. The zero-order chi connectivity index (χ0) is 23.4. The molecule has 0 radical (unpaired) electrons. The fraction of sp³-hybridized carbons (Fsp3) is 0.190. The van der Waals surface area contributed by atoms with Gasteiger partial charge < -0.3 is 19.5 Å². The van der Waals surface area contributed by atoms with E-state index in [1.807, 2.05) is 0 Å². The number of hydrogen-bond donors (Lipinski definition) is 1. The Morgan fingerprint density at radius 2 is 1.72 bits per heavy atom. The number of benzene rings is 2. The first-order valence-electron chi connectivity index (χ1n) is 9.07. The van der Waals surface area contributed by atoms with Crippen molar-refractivity contribution in [2.45, 2.75) is 0 Å². The third kappa shape index (κ3) is 4.83. The van der Waals surface area contributed by atoms with E-state index in [9.17, 15) is 23.2 Å². The van der Waals surface area contributed by atoms with Gasteiger partial charge in [-0.15, -0.1) is 0 Å². The minimum absolute atomic E-state index is 0.0741. The van der Waals surface area contributed by atoms with Gasteiger partial charge in [0.05, 0.1) is 31.9 Å². The van der Waals surface area contributed by atoms with Gasteiger partial charge in [0, 0.05) is 6.07 Å². The number of anilines is 1. The third-order valence-electron chi connectivity index (χ3n) is 4.37. The third-order valence-corrected chi connectivity index (χ3v) is 5.27. The summed E-state index contributed by atoms with van der Waals surface area (Å²) in [5.74, 6) is -2.20. The molecule has 2 aromatic carbocycles. The number of nitrogens with zero attached hydrogens (tertiary/aromatic N) is 1. The molecule has 1 N–H and O–H groups in total. The maximum Gasteiger partial charge on any atom is 0.294 e. The van der Waals surface area contributed by atoms with Crippen LogP contribution in [0.1, 0.15) is 5.56 Å². The van der Waals surface area contributed by atoms with Crippen LogP contribution in [-0.4, -0.2) is 49.8 Å². The first-order chi connectivity index (χ1) is 15.3. The molecule has 0 saturated carbocycles. The molecular weight excluding hydrogens is 446 g/mol. The lowest BCUT2D eigenvalue weighted by molar-refractivity contribution is -0.127. The standard InChI is InChI=1S/C21H18F2N2O6S/c1-29-15-6-11(7-16(30-2)19(15)31-3)8-17-20(27)25(21(28)32-17)10-18(26)24-14-5-4-12(22)9-13(14)23/h4-9H,10H2,1-3H3,(H,24,26). The van der Waals surface area contributed by atoms with Crippen molar-refractivity contribution in [3.8, 4) is 17.2 Å². The zero-order valence-corrected chi connectivity index (χ0v) is 18.0. The average molecular weight is 464 g/mol. The normalized spacial score (nSPS) is 14.7. The van der Waals surface area contributed by atoms with Crippen molar-refractivity contribution in [1.29, 1.82) is 0 Å². The van der Waals surface area contributed by atoms with Gasteiger partial charge in [0.15, 0.2) is 11.5 Å². The van der Waals surface area contributed by atoms with Gasteiger partial charge in [-0.1, -0.05) is 0 Å². The van der Waals surface area contributed by atoms with Crippen molar-refractivity contribution in [3.05, 3.63) is 52.4 Å². The molecule has 11 heteroatoms. The van der Waals surface area contributed by atoms with Crippen molar-refractivity contribution < 1.29 is 37.4 Å². The predicted octanol–water partition coefficient (Wildman–Crippen LogP) is 3.67. The molecule has 1 fully saturated rings. The van der Waals surface area contributed by atoms with Crippen molar-refractivity contribution in [3.63, 3.8) is 0 Å². The van der Waals surface area contributed by atoms with Crippen molar-refractivity contribution in [1.82, 2.24) is 4.90 Å². The van der Waals surface area contributed by atoms with E-state index in [1.54, 1.807) is 12.1 Å². The number of ether oxygens (including phenoxy) is 3. The van der Waals surface area contributed by atoms with E-state index < -0.39 is 35.2 Å². The van der Waals surface area contributed by atoms with Crippen molar-refractivity contribution in [2.75, 3.05) is 33.2 Å². The van der Waals surface area contributed by atoms with Crippen LogP contribution in [0, 0.1) is 11.6 Å². The molecule has 0 unspecified atom stereocenters.